The maximum atomic E-state index is 14.3. The summed E-state index contributed by atoms with van der Waals surface area (Å²) in [5.74, 6) is -1.09. The van der Waals surface area contributed by atoms with Gasteiger partial charge >= 0.3 is 0 Å². The molecule has 2 amide bonds. The Labute approximate surface area is 217 Å². The third-order valence-corrected chi connectivity index (χ3v) is 6.66. The third kappa shape index (κ3) is 5.06. The van der Waals surface area contributed by atoms with E-state index in [1.807, 2.05) is 18.2 Å². The van der Waals surface area contributed by atoms with Crippen LogP contribution in [-0.2, 0) is 11.2 Å². The molecule has 1 saturated carbocycles. The van der Waals surface area contributed by atoms with Crippen molar-refractivity contribution in [1.29, 1.82) is 0 Å². The van der Waals surface area contributed by atoms with Crippen LogP contribution in [-0.4, -0.2) is 23.4 Å². The van der Waals surface area contributed by atoms with Crippen molar-refractivity contribution >= 4 is 51.7 Å². The van der Waals surface area contributed by atoms with Crippen molar-refractivity contribution in [2.45, 2.75) is 19.3 Å². The molecule has 1 heterocycles. The van der Waals surface area contributed by atoms with Gasteiger partial charge in [-0.3, -0.25) is 9.59 Å². The molecule has 0 bridgehead atoms. The van der Waals surface area contributed by atoms with Crippen LogP contribution in [0.5, 0.6) is 5.75 Å². The maximum absolute atomic E-state index is 14.3. The fourth-order valence-corrected chi connectivity index (χ4v) is 4.40. The maximum Gasteiger partial charge on any atom is 0.269 e. The SMILES string of the molecule is O=C(Cc1ccccc1)N(C(=O)c1c(Cl)ccc(F)c1Cl)c1ccc2cccc(OCC3CC3)c2n1. The van der Waals surface area contributed by atoms with Gasteiger partial charge < -0.3 is 4.74 Å². The molecule has 3 aromatic carbocycles. The van der Waals surface area contributed by atoms with Crippen LogP contribution in [0, 0.1) is 11.7 Å². The molecular weight excluding hydrogens is 502 g/mol. The van der Waals surface area contributed by atoms with Crippen LogP contribution in [0.25, 0.3) is 10.9 Å². The number of aromatic nitrogens is 1. The summed E-state index contributed by atoms with van der Waals surface area (Å²) in [7, 11) is 0. The molecule has 8 heteroatoms. The second-order valence-electron chi connectivity index (χ2n) is 8.67. The van der Waals surface area contributed by atoms with E-state index in [0.29, 0.717) is 29.4 Å². The molecule has 182 valence electrons. The largest absolute Gasteiger partial charge is 0.491 e. The summed E-state index contributed by atoms with van der Waals surface area (Å²) in [6.07, 6.45) is 2.18. The number of benzene rings is 3. The van der Waals surface area contributed by atoms with E-state index in [-0.39, 0.29) is 22.8 Å². The van der Waals surface area contributed by atoms with Gasteiger partial charge in [0.05, 0.1) is 28.6 Å². The summed E-state index contributed by atoms with van der Waals surface area (Å²) in [6.45, 7) is 0.578. The molecule has 0 atom stereocenters. The summed E-state index contributed by atoms with van der Waals surface area (Å²) in [4.78, 5) is 32.8. The van der Waals surface area contributed by atoms with E-state index in [4.69, 9.17) is 27.9 Å². The zero-order valence-electron chi connectivity index (χ0n) is 19.1. The highest BCUT2D eigenvalue weighted by atomic mass is 35.5. The van der Waals surface area contributed by atoms with E-state index in [2.05, 4.69) is 4.98 Å². The zero-order chi connectivity index (χ0) is 25.2. The summed E-state index contributed by atoms with van der Waals surface area (Å²) in [5, 5.41) is 0.259. The number of fused-ring (bicyclic) bond motifs is 1. The van der Waals surface area contributed by atoms with E-state index >= 15 is 0 Å². The Balaban J connectivity index is 1.59. The topological polar surface area (TPSA) is 59.5 Å². The summed E-state index contributed by atoms with van der Waals surface area (Å²) in [5.41, 5.74) is 0.906. The van der Waals surface area contributed by atoms with Gasteiger partial charge in [0.1, 0.15) is 22.9 Å². The first-order chi connectivity index (χ1) is 17.4. The lowest BCUT2D eigenvalue weighted by atomic mass is 10.1. The number of pyridine rings is 1. The Morgan fingerprint density at radius 1 is 0.972 bits per heavy atom. The van der Waals surface area contributed by atoms with Crippen LogP contribution >= 0.6 is 23.2 Å². The number of hydrogen-bond donors (Lipinski definition) is 0. The van der Waals surface area contributed by atoms with E-state index < -0.39 is 22.7 Å². The fourth-order valence-electron chi connectivity index (χ4n) is 3.87. The highest BCUT2D eigenvalue weighted by molar-refractivity contribution is 6.41. The summed E-state index contributed by atoms with van der Waals surface area (Å²) < 4.78 is 20.3. The quantitative estimate of drug-likeness (QED) is 0.248. The van der Waals surface area contributed by atoms with E-state index in [9.17, 15) is 14.0 Å². The van der Waals surface area contributed by atoms with Crippen molar-refractivity contribution in [2.75, 3.05) is 11.5 Å². The molecule has 0 radical (unpaired) electrons. The van der Waals surface area contributed by atoms with Crippen LogP contribution in [0.15, 0.2) is 72.8 Å². The van der Waals surface area contributed by atoms with Gasteiger partial charge in [0.15, 0.2) is 0 Å². The second-order valence-corrected chi connectivity index (χ2v) is 9.45. The molecular formula is C28H21Cl2FN2O3. The van der Waals surface area contributed by atoms with Crippen molar-refractivity contribution in [3.63, 3.8) is 0 Å². The molecule has 1 aromatic heterocycles. The van der Waals surface area contributed by atoms with Crippen molar-refractivity contribution in [1.82, 2.24) is 4.98 Å². The van der Waals surface area contributed by atoms with Crippen LogP contribution in [0.4, 0.5) is 10.2 Å². The van der Waals surface area contributed by atoms with E-state index in [1.165, 1.54) is 6.07 Å². The molecule has 5 nitrogen and oxygen atoms in total. The molecule has 36 heavy (non-hydrogen) atoms. The summed E-state index contributed by atoms with van der Waals surface area (Å²) >= 11 is 12.4. The number of nitrogens with zero attached hydrogens (tertiary/aromatic N) is 2. The van der Waals surface area contributed by atoms with E-state index in [1.54, 1.807) is 42.5 Å². The molecule has 0 spiro atoms. The average Bonchev–Trinajstić information content (AvgIpc) is 3.71. The zero-order valence-corrected chi connectivity index (χ0v) is 20.6. The number of anilines is 1. The first-order valence-electron chi connectivity index (χ1n) is 11.5. The highest BCUT2D eigenvalue weighted by Crippen LogP contribution is 2.34. The smallest absolute Gasteiger partial charge is 0.269 e. The van der Waals surface area contributed by atoms with Gasteiger partial charge in [-0.05, 0) is 54.7 Å². The second kappa shape index (κ2) is 10.2. The Hall–Kier alpha value is -3.48. The molecule has 0 N–H and O–H groups in total. The lowest BCUT2D eigenvalue weighted by Crippen LogP contribution is -2.39. The molecule has 0 unspecified atom stereocenters. The van der Waals surface area contributed by atoms with Gasteiger partial charge in [0.2, 0.25) is 5.91 Å². The Morgan fingerprint density at radius 2 is 1.75 bits per heavy atom. The molecule has 5 rings (SSSR count). The third-order valence-electron chi connectivity index (χ3n) is 5.98. The van der Waals surface area contributed by atoms with Crippen LogP contribution in [0.1, 0.15) is 28.8 Å². The molecule has 1 aliphatic rings. The first kappa shape index (κ1) is 24.2. The van der Waals surface area contributed by atoms with Crippen molar-refractivity contribution in [2.24, 2.45) is 5.92 Å². The minimum absolute atomic E-state index is 0.0623. The predicted octanol–water partition coefficient (Wildman–Crippen LogP) is 6.89. The number of hydrogen-bond acceptors (Lipinski definition) is 4. The number of ether oxygens (including phenoxy) is 1. The van der Waals surface area contributed by atoms with Gasteiger partial charge in [-0.15, -0.1) is 0 Å². The normalized spacial score (nSPS) is 13.0. The fraction of sp³-hybridized carbons (Fsp3) is 0.179. The number of carbonyl (C=O) groups excluding carboxylic acids is 2. The van der Waals surface area contributed by atoms with Crippen LogP contribution in [0.2, 0.25) is 10.0 Å². The van der Waals surface area contributed by atoms with Gasteiger partial charge in [0.25, 0.3) is 5.91 Å². The van der Waals surface area contributed by atoms with Crippen molar-refractivity contribution in [3.8, 4) is 5.75 Å². The molecule has 0 saturated heterocycles. The number of imide groups is 1. The first-order valence-corrected chi connectivity index (χ1v) is 12.2. The van der Waals surface area contributed by atoms with Crippen LogP contribution < -0.4 is 9.64 Å². The number of carbonyl (C=O) groups is 2. The van der Waals surface area contributed by atoms with Crippen LogP contribution in [0.3, 0.4) is 0 Å². The average molecular weight is 523 g/mol. The van der Waals surface area contributed by atoms with Crippen molar-refractivity contribution in [3.05, 3.63) is 99.8 Å². The van der Waals surface area contributed by atoms with Gasteiger partial charge in [-0.2, -0.15) is 0 Å². The number of amides is 2. The minimum Gasteiger partial charge on any atom is -0.491 e. The standard InChI is InChI=1S/C28H21Cl2FN2O3/c29-20-12-13-21(31)26(30)25(20)28(35)33(24(34)15-17-5-2-1-3-6-17)23-14-11-19-7-4-8-22(27(19)32-23)36-16-18-9-10-18/h1-8,11-14,18H,9-10,15-16H2. The Kier molecular flexibility index (Phi) is 6.90. The van der Waals surface area contributed by atoms with Crippen molar-refractivity contribution < 1.29 is 18.7 Å². The summed E-state index contributed by atoms with van der Waals surface area (Å²) in [6, 6.07) is 20.1. The number of para-hydroxylation sites is 1. The number of halogens is 3. The minimum atomic E-state index is -0.867. The highest BCUT2D eigenvalue weighted by Gasteiger charge is 2.31. The molecule has 1 fully saturated rings. The molecule has 4 aromatic rings. The molecule has 0 aliphatic heterocycles. The van der Waals surface area contributed by atoms with Gasteiger partial charge in [-0.25, -0.2) is 14.3 Å². The Bertz CT molecular complexity index is 1460. The monoisotopic (exact) mass is 522 g/mol. The number of rotatable bonds is 7. The lowest BCUT2D eigenvalue weighted by Gasteiger charge is -2.22. The lowest BCUT2D eigenvalue weighted by molar-refractivity contribution is -0.117. The van der Waals surface area contributed by atoms with E-state index in [0.717, 1.165) is 29.2 Å². The Morgan fingerprint density at radius 3 is 2.50 bits per heavy atom. The predicted molar refractivity (Wildman–Crippen MR) is 138 cm³/mol. The molecule has 1 aliphatic carbocycles. The van der Waals surface area contributed by atoms with Gasteiger partial charge in [-0.1, -0.05) is 65.7 Å². The van der Waals surface area contributed by atoms with Gasteiger partial charge in [0, 0.05) is 5.39 Å².